The maximum Gasteiger partial charge on any atom is 0.124 e. The summed E-state index contributed by atoms with van der Waals surface area (Å²) in [6.07, 6.45) is 9.64. The third-order valence-electron chi connectivity index (χ3n) is 6.02. The van der Waals surface area contributed by atoms with Gasteiger partial charge in [-0.1, -0.05) is 31.0 Å². The van der Waals surface area contributed by atoms with Crippen LogP contribution in [0.3, 0.4) is 0 Å². The first-order valence-electron chi connectivity index (χ1n) is 8.94. The first-order valence-corrected chi connectivity index (χ1v) is 8.94. The minimum atomic E-state index is 0.0788. The summed E-state index contributed by atoms with van der Waals surface area (Å²) in [4.78, 5) is 0. The molecule has 4 rings (SSSR count). The molecule has 2 fully saturated rings. The number of fused-ring (bicyclic) bond motifs is 1. The van der Waals surface area contributed by atoms with Gasteiger partial charge in [0.2, 0.25) is 0 Å². The van der Waals surface area contributed by atoms with Gasteiger partial charge in [0, 0.05) is 30.7 Å². The van der Waals surface area contributed by atoms with Crippen LogP contribution in [0.1, 0.15) is 63.0 Å². The van der Waals surface area contributed by atoms with E-state index in [-0.39, 0.29) is 5.60 Å². The quantitative estimate of drug-likeness (QED) is 0.896. The molecule has 3 unspecified atom stereocenters. The van der Waals surface area contributed by atoms with Crippen molar-refractivity contribution in [2.24, 2.45) is 5.92 Å². The van der Waals surface area contributed by atoms with Crippen LogP contribution < -0.4 is 10.1 Å². The number of hydrogen-bond donors (Lipinski definition) is 2. The monoisotopic (exact) mass is 301 g/mol. The standard InChI is InChI=1S/C19H27NO2/c21-13-14-6-1-3-8-16(14)20-17-12-19(10-5-11-19)22-18-9-4-2-7-15(17)18/h2,4,7,9,14,16-17,20-21H,1,3,5-6,8,10-13H2. The number of hydrogen-bond acceptors (Lipinski definition) is 3. The summed E-state index contributed by atoms with van der Waals surface area (Å²) >= 11 is 0. The van der Waals surface area contributed by atoms with Crippen LogP contribution in [-0.4, -0.2) is 23.4 Å². The molecule has 0 saturated heterocycles. The van der Waals surface area contributed by atoms with Gasteiger partial charge in [-0.3, -0.25) is 0 Å². The van der Waals surface area contributed by atoms with Gasteiger partial charge in [0.25, 0.3) is 0 Å². The van der Waals surface area contributed by atoms with E-state index in [2.05, 4.69) is 29.6 Å². The average Bonchev–Trinajstić information content (AvgIpc) is 2.54. The van der Waals surface area contributed by atoms with Crippen molar-refractivity contribution in [3.8, 4) is 5.75 Å². The van der Waals surface area contributed by atoms with Crippen LogP contribution in [0.15, 0.2) is 24.3 Å². The molecule has 1 spiro atoms. The number of aliphatic hydroxyl groups is 1. The Labute approximate surface area is 133 Å². The van der Waals surface area contributed by atoms with Crippen molar-refractivity contribution in [3.05, 3.63) is 29.8 Å². The van der Waals surface area contributed by atoms with E-state index in [1.807, 2.05) is 0 Å². The second-order valence-electron chi connectivity index (χ2n) is 7.43. The lowest BCUT2D eigenvalue weighted by Crippen LogP contribution is -2.51. The molecule has 0 amide bonds. The van der Waals surface area contributed by atoms with E-state index in [9.17, 15) is 5.11 Å². The SMILES string of the molecule is OCC1CCCCC1NC1CC2(CCC2)Oc2ccccc21. The van der Waals surface area contributed by atoms with Crippen molar-refractivity contribution in [2.45, 2.75) is 69.1 Å². The Balaban J connectivity index is 1.57. The van der Waals surface area contributed by atoms with Gasteiger partial charge in [0.1, 0.15) is 11.4 Å². The van der Waals surface area contributed by atoms with Crippen molar-refractivity contribution in [1.29, 1.82) is 0 Å². The van der Waals surface area contributed by atoms with E-state index in [0.717, 1.165) is 18.6 Å². The molecule has 3 heteroatoms. The van der Waals surface area contributed by atoms with Gasteiger partial charge < -0.3 is 15.2 Å². The summed E-state index contributed by atoms with van der Waals surface area (Å²) in [6, 6.07) is 9.34. The molecule has 2 N–H and O–H groups in total. The van der Waals surface area contributed by atoms with Crippen LogP contribution in [0.2, 0.25) is 0 Å². The highest BCUT2D eigenvalue weighted by Crippen LogP contribution is 2.49. The molecule has 3 nitrogen and oxygen atoms in total. The number of benzene rings is 1. The fraction of sp³-hybridized carbons (Fsp3) is 0.684. The Morgan fingerprint density at radius 2 is 1.95 bits per heavy atom. The molecule has 120 valence electrons. The summed E-state index contributed by atoms with van der Waals surface area (Å²) in [6.45, 7) is 0.313. The van der Waals surface area contributed by atoms with E-state index in [1.54, 1.807) is 0 Å². The van der Waals surface area contributed by atoms with Crippen LogP contribution in [0.25, 0.3) is 0 Å². The third kappa shape index (κ3) is 2.55. The minimum absolute atomic E-state index is 0.0788. The molecular formula is C19H27NO2. The second kappa shape index (κ2) is 5.86. The highest BCUT2D eigenvalue weighted by atomic mass is 16.5. The minimum Gasteiger partial charge on any atom is -0.487 e. The molecule has 1 heterocycles. The van der Waals surface area contributed by atoms with Gasteiger partial charge in [-0.15, -0.1) is 0 Å². The molecular weight excluding hydrogens is 274 g/mol. The van der Waals surface area contributed by atoms with E-state index < -0.39 is 0 Å². The van der Waals surface area contributed by atoms with Gasteiger partial charge in [-0.2, -0.15) is 0 Å². The Bertz CT molecular complexity index is 526. The van der Waals surface area contributed by atoms with E-state index in [1.165, 1.54) is 44.1 Å². The number of rotatable bonds is 3. The van der Waals surface area contributed by atoms with Gasteiger partial charge in [-0.25, -0.2) is 0 Å². The van der Waals surface area contributed by atoms with E-state index in [4.69, 9.17) is 4.74 Å². The predicted molar refractivity (Wildman–Crippen MR) is 87.0 cm³/mol. The van der Waals surface area contributed by atoms with Gasteiger partial charge in [-0.05, 0) is 44.1 Å². The number of nitrogens with one attached hydrogen (secondary N) is 1. The lowest BCUT2D eigenvalue weighted by atomic mass is 9.72. The zero-order valence-corrected chi connectivity index (χ0v) is 13.3. The van der Waals surface area contributed by atoms with Crippen molar-refractivity contribution >= 4 is 0 Å². The molecule has 3 aliphatic rings. The third-order valence-corrected chi connectivity index (χ3v) is 6.02. The van der Waals surface area contributed by atoms with Gasteiger partial charge in [0.15, 0.2) is 0 Å². The first kappa shape index (κ1) is 14.5. The van der Waals surface area contributed by atoms with E-state index >= 15 is 0 Å². The molecule has 1 aliphatic heterocycles. The molecule has 3 atom stereocenters. The average molecular weight is 301 g/mol. The number of ether oxygens (including phenoxy) is 1. The smallest absolute Gasteiger partial charge is 0.124 e. The predicted octanol–water partition coefficient (Wildman–Crippen LogP) is 3.57. The zero-order chi connectivity index (χ0) is 15.0. The van der Waals surface area contributed by atoms with Gasteiger partial charge >= 0.3 is 0 Å². The molecule has 2 aliphatic carbocycles. The van der Waals surface area contributed by atoms with Crippen molar-refractivity contribution < 1.29 is 9.84 Å². The number of aliphatic hydroxyl groups excluding tert-OH is 1. The van der Waals surface area contributed by atoms with Crippen LogP contribution in [0.4, 0.5) is 0 Å². The molecule has 0 bridgehead atoms. The van der Waals surface area contributed by atoms with Gasteiger partial charge in [0.05, 0.1) is 0 Å². The topological polar surface area (TPSA) is 41.5 Å². The van der Waals surface area contributed by atoms with Crippen molar-refractivity contribution in [2.75, 3.05) is 6.61 Å². The molecule has 2 saturated carbocycles. The fourth-order valence-electron chi connectivity index (χ4n) is 4.55. The van der Waals surface area contributed by atoms with Crippen molar-refractivity contribution in [1.82, 2.24) is 5.32 Å². The summed E-state index contributed by atoms with van der Waals surface area (Å²) in [5.41, 5.74) is 1.39. The lowest BCUT2D eigenvalue weighted by molar-refractivity contribution is -0.0398. The zero-order valence-electron chi connectivity index (χ0n) is 13.3. The van der Waals surface area contributed by atoms with Crippen LogP contribution in [0.5, 0.6) is 5.75 Å². The van der Waals surface area contributed by atoms with E-state index in [0.29, 0.717) is 24.6 Å². The lowest BCUT2D eigenvalue weighted by Gasteiger charge is -2.49. The molecule has 1 aromatic carbocycles. The molecule has 0 radical (unpaired) electrons. The molecule has 0 aromatic heterocycles. The second-order valence-corrected chi connectivity index (χ2v) is 7.43. The normalized spacial score (nSPS) is 32.9. The first-order chi connectivity index (χ1) is 10.8. The Morgan fingerprint density at radius 1 is 1.14 bits per heavy atom. The highest BCUT2D eigenvalue weighted by molar-refractivity contribution is 5.39. The summed E-state index contributed by atoms with van der Waals surface area (Å²) in [7, 11) is 0. The molecule has 22 heavy (non-hydrogen) atoms. The Hall–Kier alpha value is -1.06. The van der Waals surface area contributed by atoms with Crippen LogP contribution >= 0.6 is 0 Å². The summed E-state index contributed by atoms with van der Waals surface area (Å²) in [5.74, 6) is 1.49. The Kier molecular flexibility index (Phi) is 3.87. The number of para-hydroxylation sites is 1. The maximum absolute atomic E-state index is 9.68. The highest BCUT2D eigenvalue weighted by Gasteiger charge is 2.46. The van der Waals surface area contributed by atoms with Crippen LogP contribution in [0, 0.1) is 5.92 Å². The van der Waals surface area contributed by atoms with Crippen molar-refractivity contribution in [3.63, 3.8) is 0 Å². The maximum atomic E-state index is 9.68. The summed E-state index contributed by atoms with van der Waals surface area (Å²) in [5, 5.41) is 13.6. The van der Waals surface area contributed by atoms with Crippen LogP contribution in [-0.2, 0) is 0 Å². The Morgan fingerprint density at radius 3 is 2.73 bits per heavy atom. The fourth-order valence-corrected chi connectivity index (χ4v) is 4.55. The molecule has 1 aromatic rings. The largest absolute Gasteiger partial charge is 0.487 e. The summed E-state index contributed by atoms with van der Waals surface area (Å²) < 4.78 is 6.34.